The molecule has 0 aromatic carbocycles. The molecule has 0 amide bonds. The molecule has 3 nitrogen and oxygen atoms in total. The number of hydrogen-bond acceptors (Lipinski definition) is 3. The molecular weight excluding hydrogens is 176 g/mol. The molecular formula is C11H16N2O. The second kappa shape index (κ2) is 5.50. The van der Waals surface area contributed by atoms with Crippen LogP contribution in [0.4, 0.5) is 0 Å². The van der Waals surface area contributed by atoms with E-state index in [0.29, 0.717) is 12.8 Å². The zero-order chi connectivity index (χ0) is 10.4. The lowest BCUT2D eigenvalue weighted by Gasteiger charge is -2.03. The van der Waals surface area contributed by atoms with Gasteiger partial charge in [0, 0.05) is 30.8 Å². The lowest BCUT2D eigenvalue weighted by molar-refractivity contribution is -0.118. The van der Waals surface area contributed by atoms with E-state index in [2.05, 4.69) is 4.98 Å². The zero-order valence-electron chi connectivity index (χ0n) is 8.44. The van der Waals surface area contributed by atoms with E-state index in [-0.39, 0.29) is 11.8 Å². The van der Waals surface area contributed by atoms with Crippen LogP contribution in [0.5, 0.6) is 0 Å². The van der Waals surface area contributed by atoms with E-state index in [1.165, 1.54) is 0 Å². The fraction of sp³-hybridized carbons (Fsp3) is 0.455. The summed E-state index contributed by atoms with van der Waals surface area (Å²) in [7, 11) is 0. The van der Waals surface area contributed by atoms with Crippen molar-refractivity contribution in [2.75, 3.05) is 0 Å². The SMILES string of the molecule is CC(N)CCC(=O)Cc1ccccn1. The van der Waals surface area contributed by atoms with Gasteiger partial charge in [-0.3, -0.25) is 9.78 Å². The van der Waals surface area contributed by atoms with Crippen molar-refractivity contribution < 1.29 is 4.79 Å². The number of aromatic nitrogens is 1. The van der Waals surface area contributed by atoms with Gasteiger partial charge in [-0.1, -0.05) is 6.07 Å². The molecule has 2 N–H and O–H groups in total. The van der Waals surface area contributed by atoms with Gasteiger partial charge in [-0.15, -0.1) is 0 Å². The second-order valence-corrected chi connectivity index (χ2v) is 3.55. The van der Waals surface area contributed by atoms with Crippen LogP contribution in [-0.2, 0) is 11.2 Å². The average molecular weight is 192 g/mol. The van der Waals surface area contributed by atoms with Gasteiger partial charge in [0.05, 0.1) is 0 Å². The van der Waals surface area contributed by atoms with Gasteiger partial charge in [0.2, 0.25) is 0 Å². The molecule has 1 rings (SSSR count). The molecule has 1 aromatic heterocycles. The Bertz CT molecular complexity index is 283. The van der Waals surface area contributed by atoms with Crippen molar-refractivity contribution in [1.29, 1.82) is 0 Å². The van der Waals surface area contributed by atoms with Crippen LogP contribution >= 0.6 is 0 Å². The molecule has 1 atom stereocenters. The Kier molecular flexibility index (Phi) is 4.26. The summed E-state index contributed by atoms with van der Waals surface area (Å²) in [6.07, 6.45) is 3.43. The third-order valence-electron chi connectivity index (χ3n) is 1.98. The minimum atomic E-state index is 0.0997. The topological polar surface area (TPSA) is 56.0 Å². The maximum atomic E-state index is 11.4. The minimum absolute atomic E-state index is 0.0997. The van der Waals surface area contributed by atoms with Gasteiger partial charge in [-0.2, -0.15) is 0 Å². The first-order valence-electron chi connectivity index (χ1n) is 4.85. The molecule has 14 heavy (non-hydrogen) atoms. The van der Waals surface area contributed by atoms with Crippen LogP contribution in [0.25, 0.3) is 0 Å². The molecule has 1 aromatic rings. The third-order valence-corrected chi connectivity index (χ3v) is 1.98. The molecule has 3 heteroatoms. The Morgan fingerprint density at radius 2 is 2.36 bits per heavy atom. The summed E-state index contributed by atoms with van der Waals surface area (Å²) in [5, 5.41) is 0. The molecule has 0 saturated carbocycles. The lowest BCUT2D eigenvalue weighted by atomic mass is 10.1. The average Bonchev–Trinajstić information content (AvgIpc) is 2.16. The Balaban J connectivity index is 2.35. The van der Waals surface area contributed by atoms with Gasteiger partial charge >= 0.3 is 0 Å². The van der Waals surface area contributed by atoms with Crippen molar-refractivity contribution in [2.24, 2.45) is 5.73 Å². The Hall–Kier alpha value is -1.22. The van der Waals surface area contributed by atoms with Gasteiger partial charge in [-0.25, -0.2) is 0 Å². The van der Waals surface area contributed by atoms with Crippen LogP contribution in [0, 0.1) is 0 Å². The summed E-state index contributed by atoms with van der Waals surface area (Å²) < 4.78 is 0. The molecule has 0 saturated heterocycles. The summed E-state index contributed by atoms with van der Waals surface area (Å²) in [4.78, 5) is 15.5. The Morgan fingerprint density at radius 1 is 1.57 bits per heavy atom. The normalized spacial score (nSPS) is 12.4. The minimum Gasteiger partial charge on any atom is -0.328 e. The number of hydrogen-bond donors (Lipinski definition) is 1. The molecule has 0 aliphatic rings. The van der Waals surface area contributed by atoms with E-state index in [1.54, 1.807) is 6.20 Å². The number of rotatable bonds is 5. The highest BCUT2D eigenvalue weighted by atomic mass is 16.1. The number of Topliss-reactive ketones (excluding diaryl/α,β-unsaturated/α-hetero) is 1. The summed E-state index contributed by atoms with van der Waals surface area (Å²) in [6.45, 7) is 1.91. The molecule has 0 fully saturated rings. The third kappa shape index (κ3) is 4.14. The van der Waals surface area contributed by atoms with Crippen molar-refractivity contribution in [1.82, 2.24) is 4.98 Å². The number of carbonyl (C=O) groups is 1. The molecule has 0 aliphatic carbocycles. The van der Waals surface area contributed by atoms with Crippen LogP contribution < -0.4 is 5.73 Å². The van der Waals surface area contributed by atoms with Crippen molar-refractivity contribution in [3.05, 3.63) is 30.1 Å². The van der Waals surface area contributed by atoms with Crippen molar-refractivity contribution in [3.8, 4) is 0 Å². The number of nitrogens with two attached hydrogens (primary N) is 1. The smallest absolute Gasteiger partial charge is 0.138 e. The predicted molar refractivity (Wildman–Crippen MR) is 55.8 cm³/mol. The highest BCUT2D eigenvalue weighted by Crippen LogP contribution is 2.01. The first-order chi connectivity index (χ1) is 6.68. The molecule has 76 valence electrons. The van der Waals surface area contributed by atoms with Gasteiger partial charge in [0.25, 0.3) is 0 Å². The maximum absolute atomic E-state index is 11.4. The molecule has 1 heterocycles. The highest BCUT2D eigenvalue weighted by Gasteiger charge is 2.05. The quantitative estimate of drug-likeness (QED) is 0.765. The van der Waals surface area contributed by atoms with Crippen molar-refractivity contribution in [3.63, 3.8) is 0 Å². The van der Waals surface area contributed by atoms with E-state index in [4.69, 9.17) is 5.73 Å². The number of nitrogens with zero attached hydrogens (tertiary/aromatic N) is 1. The number of carbonyl (C=O) groups excluding carboxylic acids is 1. The lowest BCUT2D eigenvalue weighted by Crippen LogP contribution is -2.17. The number of ketones is 1. The fourth-order valence-corrected chi connectivity index (χ4v) is 1.18. The van der Waals surface area contributed by atoms with Gasteiger partial charge in [0.1, 0.15) is 5.78 Å². The highest BCUT2D eigenvalue weighted by molar-refractivity contribution is 5.80. The van der Waals surface area contributed by atoms with Crippen molar-refractivity contribution in [2.45, 2.75) is 32.2 Å². The van der Waals surface area contributed by atoms with Gasteiger partial charge < -0.3 is 5.73 Å². The van der Waals surface area contributed by atoms with Gasteiger partial charge in [0.15, 0.2) is 0 Å². The van der Waals surface area contributed by atoms with E-state index in [1.807, 2.05) is 25.1 Å². The summed E-state index contributed by atoms with van der Waals surface area (Å²) in [6, 6.07) is 5.70. The first-order valence-corrected chi connectivity index (χ1v) is 4.85. The monoisotopic (exact) mass is 192 g/mol. The zero-order valence-corrected chi connectivity index (χ0v) is 8.44. The number of pyridine rings is 1. The molecule has 0 radical (unpaired) electrons. The van der Waals surface area contributed by atoms with Gasteiger partial charge in [-0.05, 0) is 25.5 Å². The van der Waals surface area contributed by atoms with Crippen LogP contribution in [0.2, 0.25) is 0 Å². The maximum Gasteiger partial charge on any atom is 0.138 e. The van der Waals surface area contributed by atoms with Crippen LogP contribution in [0.1, 0.15) is 25.5 Å². The fourth-order valence-electron chi connectivity index (χ4n) is 1.18. The molecule has 0 bridgehead atoms. The Labute approximate surface area is 84.3 Å². The van der Waals surface area contributed by atoms with E-state index < -0.39 is 0 Å². The largest absolute Gasteiger partial charge is 0.328 e. The molecule has 0 spiro atoms. The van der Waals surface area contributed by atoms with E-state index in [0.717, 1.165) is 12.1 Å². The summed E-state index contributed by atoms with van der Waals surface area (Å²) in [5.74, 6) is 0.209. The van der Waals surface area contributed by atoms with Crippen molar-refractivity contribution >= 4 is 5.78 Å². The predicted octanol–water partition coefficient (Wildman–Crippen LogP) is 1.32. The standard InChI is InChI=1S/C11H16N2O/c1-9(12)5-6-11(14)8-10-4-2-3-7-13-10/h2-4,7,9H,5-6,8,12H2,1H3. The second-order valence-electron chi connectivity index (χ2n) is 3.55. The van der Waals surface area contributed by atoms with Crippen LogP contribution in [0.15, 0.2) is 24.4 Å². The van der Waals surface area contributed by atoms with Crippen LogP contribution in [-0.4, -0.2) is 16.8 Å². The summed E-state index contributed by atoms with van der Waals surface area (Å²) >= 11 is 0. The van der Waals surface area contributed by atoms with Crippen LogP contribution in [0.3, 0.4) is 0 Å². The first kappa shape index (κ1) is 10.9. The van der Waals surface area contributed by atoms with E-state index in [9.17, 15) is 4.79 Å². The molecule has 0 aliphatic heterocycles. The molecule has 1 unspecified atom stereocenters. The summed E-state index contributed by atoms with van der Waals surface area (Å²) in [5.41, 5.74) is 6.40. The van der Waals surface area contributed by atoms with E-state index >= 15 is 0 Å². The Morgan fingerprint density at radius 3 is 2.93 bits per heavy atom.